The lowest BCUT2D eigenvalue weighted by Gasteiger charge is -2.18. The third kappa shape index (κ3) is 1.89. The summed E-state index contributed by atoms with van der Waals surface area (Å²) in [4.78, 5) is 8.93. The molecule has 5 heteroatoms. The van der Waals surface area contributed by atoms with Gasteiger partial charge in [-0.3, -0.25) is 0 Å². The minimum Gasteiger partial charge on any atom is -0.326 e. The number of nitrogens with zero attached hydrogens (tertiary/aromatic N) is 4. The van der Waals surface area contributed by atoms with Gasteiger partial charge in [0.2, 0.25) is 0 Å². The fraction of sp³-hybridized carbons (Fsp3) is 0.188. The van der Waals surface area contributed by atoms with Crippen LogP contribution in [-0.4, -0.2) is 21.1 Å². The molecule has 1 aromatic carbocycles. The average Bonchev–Trinajstić information content (AvgIpc) is 2.97. The number of aromatic nitrogens is 3. The van der Waals surface area contributed by atoms with Crippen LogP contribution >= 0.6 is 0 Å². The minimum atomic E-state index is 0.454. The van der Waals surface area contributed by atoms with E-state index in [2.05, 4.69) is 25.9 Å². The van der Waals surface area contributed by atoms with Crippen molar-refractivity contribution in [2.45, 2.75) is 13.1 Å². The standard InChI is InChI=1S/C16H13N5/c17-8-14-12(7-11-3-1-2-4-13(11)20-14)15-9-19-16-10-18-5-6-21(15)16/h1-4,7,9,18H,5-6,10H2. The lowest BCUT2D eigenvalue weighted by molar-refractivity contribution is 0.508. The van der Waals surface area contributed by atoms with Gasteiger partial charge in [0.05, 0.1) is 24.0 Å². The molecule has 1 N–H and O–H groups in total. The van der Waals surface area contributed by atoms with Crippen molar-refractivity contribution in [2.24, 2.45) is 0 Å². The maximum Gasteiger partial charge on any atom is 0.150 e. The average molecular weight is 275 g/mol. The highest BCUT2D eigenvalue weighted by molar-refractivity contribution is 5.85. The predicted molar refractivity (Wildman–Crippen MR) is 79.4 cm³/mol. The Balaban J connectivity index is 1.97. The highest BCUT2D eigenvalue weighted by Crippen LogP contribution is 2.27. The van der Waals surface area contributed by atoms with Gasteiger partial charge in [-0.2, -0.15) is 5.26 Å². The summed E-state index contributed by atoms with van der Waals surface area (Å²) < 4.78 is 2.17. The second-order valence-electron chi connectivity index (χ2n) is 5.08. The number of hydrogen-bond donors (Lipinski definition) is 1. The molecule has 102 valence electrons. The van der Waals surface area contributed by atoms with Crippen molar-refractivity contribution in [3.8, 4) is 17.3 Å². The smallest absolute Gasteiger partial charge is 0.150 e. The molecule has 0 atom stereocenters. The first-order valence-electron chi connectivity index (χ1n) is 6.92. The molecular formula is C16H13N5. The van der Waals surface area contributed by atoms with Crippen molar-refractivity contribution in [3.63, 3.8) is 0 Å². The largest absolute Gasteiger partial charge is 0.326 e. The van der Waals surface area contributed by atoms with Crippen LogP contribution in [0.5, 0.6) is 0 Å². The van der Waals surface area contributed by atoms with E-state index >= 15 is 0 Å². The summed E-state index contributed by atoms with van der Waals surface area (Å²) in [5, 5.41) is 13.8. The van der Waals surface area contributed by atoms with Crippen LogP contribution in [-0.2, 0) is 13.1 Å². The summed E-state index contributed by atoms with van der Waals surface area (Å²) in [5.41, 5.74) is 3.13. The number of nitriles is 1. The van der Waals surface area contributed by atoms with Gasteiger partial charge in [-0.15, -0.1) is 0 Å². The maximum absolute atomic E-state index is 9.43. The molecule has 0 aliphatic carbocycles. The summed E-state index contributed by atoms with van der Waals surface area (Å²) in [6, 6.07) is 12.1. The van der Waals surface area contributed by atoms with E-state index in [9.17, 15) is 5.26 Å². The van der Waals surface area contributed by atoms with Gasteiger partial charge in [-0.25, -0.2) is 9.97 Å². The number of nitrogens with one attached hydrogen (secondary N) is 1. The summed E-state index contributed by atoms with van der Waals surface area (Å²) in [7, 11) is 0. The second-order valence-corrected chi connectivity index (χ2v) is 5.08. The molecular weight excluding hydrogens is 262 g/mol. The van der Waals surface area contributed by atoms with Crippen molar-refractivity contribution in [1.82, 2.24) is 19.9 Å². The number of rotatable bonds is 1. The molecule has 21 heavy (non-hydrogen) atoms. The number of imidazole rings is 1. The number of hydrogen-bond acceptors (Lipinski definition) is 4. The first-order valence-corrected chi connectivity index (χ1v) is 6.92. The molecule has 1 aliphatic rings. The van der Waals surface area contributed by atoms with Crippen LogP contribution in [0.15, 0.2) is 36.5 Å². The Morgan fingerprint density at radius 3 is 3.10 bits per heavy atom. The van der Waals surface area contributed by atoms with Crippen LogP contribution in [0.1, 0.15) is 11.5 Å². The molecule has 0 radical (unpaired) electrons. The first-order chi connectivity index (χ1) is 10.4. The van der Waals surface area contributed by atoms with Crippen molar-refractivity contribution in [3.05, 3.63) is 48.0 Å². The molecule has 0 saturated heterocycles. The predicted octanol–water partition coefficient (Wildman–Crippen LogP) is 2.07. The van der Waals surface area contributed by atoms with E-state index in [1.54, 1.807) is 0 Å². The van der Waals surface area contributed by atoms with Crippen LogP contribution in [0, 0.1) is 11.3 Å². The lowest BCUT2D eigenvalue weighted by Crippen LogP contribution is -2.28. The van der Waals surface area contributed by atoms with Crippen molar-refractivity contribution in [1.29, 1.82) is 5.26 Å². The molecule has 0 fully saturated rings. The van der Waals surface area contributed by atoms with Gasteiger partial charge < -0.3 is 9.88 Å². The Morgan fingerprint density at radius 2 is 2.19 bits per heavy atom. The SMILES string of the molecule is N#Cc1nc2ccccc2cc1-c1cnc2n1CCNC2. The molecule has 3 heterocycles. The van der Waals surface area contributed by atoms with E-state index in [1.165, 1.54) is 0 Å². The summed E-state index contributed by atoms with van der Waals surface area (Å²) >= 11 is 0. The van der Waals surface area contributed by atoms with Crippen molar-refractivity contribution < 1.29 is 0 Å². The number of benzene rings is 1. The number of para-hydroxylation sites is 1. The topological polar surface area (TPSA) is 66.5 Å². The van der Waals surface area contributed by atoms with E-state index in [-0.39, 0.29) is 0 Å². The Bertz CT molecular complexity index is 872. The van der Waals surface area contributed by atoms with Crippen molar-refractivity contribution >= 4 is 10.9 Å². The quantitative estimate of drug-likeness (QED) is 0.738. The van der Waals surface area contributed by atoms with Gasteiger partial charge in [0.25, 0.3) is 0 Å². The Labute approximate surface area is 121 Å². The molecule has 0 unspecified atom stereocenters. The zero-order chi connectivity index (χ0) is 14.2. The van der Waals surface area contributed by atoms with Gasteiger partial charge in [0.1, 0.15) is 11.9 Å². The summed E-state index contributed by atoms with van der Waals surface area (Å²) in [5.74, 6) is 1.01. The third-order valence-corrected chi connectivity index (χ3v) is 3.84. The van der Waals surface area contributed by atoms with Crippen LogP contribution in [0.3, 0.4) is 0 Å². The molecule has 5 nitrogen and oxygen atoms in total. The van der Waals surface area contributed by atoms with Crippen LogP contribution in [0.25, 0.3) is 22.2 Å². The van der Waals surface area contributed by atoms with Crippen LogP contribution in [0.2, 0.25) is 0 Å². The van der Waals surface area contributed by atoms with E-state index in [4.69, 9.17) is 0 Å². The van der Waals surface area contributed by atoms with Crippen LogP contribution in [0.4, 0.5) is 0 Å². The minimum absolute atomic E-state index is 0.454. The van der Waals surface area contributed by atoms with Gasteiger partial charge in [0, 0.05) is 24.0 Å². The zero-order valence-electron chi connectivity index (χ0n) is 11.4. The fourth-order valence-electron chi connectivity index (χ4n) is 2.81. The molecule has 0 amide bonds. The first kappa shape index (κ1) is 12.1. The van der Waals surface area contributed by atoms with Gasteiger partial charge in [0.15, 0.2) is 5.69 Å². The van der Waals surface area contributed by atoms with E-state index in [0.29, 0.717) is 5.69 Å². The highest BCUT2D eigenvalue weighted by atomic mass is 15.2. The molecule has 2 aromatic heterocycles. The molecule has 3 aromatic rings. The monoisotopic (exact) mass is 275 g/mol. The number of fused-ring (bicyclic) bond motifs is 2. The zero-order valence-corrected chi connectivity index (χ0v) is 11.4. The molecule has 1 aliphatic heterocycles. The normalized spacial score (nSPS) is 13.9. The third-order valence-electron chi connectivity index (χ3n) is 3.84. The summed E-state index contributed by atoms with van der Waals surface area (Å²) in [6.07, 6.45) is 1.84. The van der Waals surface area contributed by atoms with Gasteiger partial charge >= 0.3 is 0 Å². The number of pyridine rings is 1. The van der Waals surface area contributed by atoms with E-state index in [1.807, 2.05) is 36.5 Å². The molecule has 4 rings (SSSR count). The highest BCUT2D eigenvalue weighted by Gasteiger charge is 2.18. The second kappa shape index (κ2) is 4.69. The Kier molecular flexibility index (Phi) is 2.69. The maximum atomic E-state index is 9.43. The molecule has 0 bridgehead atoms. The van der Waals surface area contributed by atoms with E-state index < -0.39 is 0 Å². The van der Waals surface area contributed by atoms with Gasteiger partial charge in [-0.05, 0) is 12.1 Å². The molecule has 0 saturated carbocycles. The van der Waals surface area contributed by atoms with E-state index in [0.717, 1.165) is 47.6 Å². The summed E-state index contributed by atoms with van der Waals surface area (Å²) in [6.45, 7) is 2.55. The van der Waals surface area contributed by atoms with Crippen molar-refractivity contribution in [2.75, 3.05) is 6.54 Å². The van der Waals surface area contributed by atoms with Crippen LogP contribution < -0.4 is 5.32 Å². The fourth-order valence-corrected chi connectivity index (χ4v) is 2.81. The lowest BCUT2D eigenvalue weighted by atomic mass is 10.1. The Hall–Kier alpha value is -2.71. The molecule has 0 spiro atoms. The Morgan fingerprint density at radius 1 is 1.29 bits per heavy atom. The van der Waals surface area contributed by atoms with Gasteiger partial charge in [-0.1, -0.05) is 18.2 Å².